The molecule has 2 N–H and O–H groups in total. The van der Waals surface area contributed by atoms with E-state index in [2.05, 4.69) is 15.6 Å². The fourth-order valence-corrected chi connectivity index (χ4v) is 2.84. The van der Waals surface area contributed by atoms with Gasteiger partial charge in [-0.25, -0.2) is 0 Å². The first-order chi connectivity index (χ1) is 12.2. The third-order valence-electron chi connectivity index (χ3n) is 4.08. The smallest absolute Gasteiger partial charge is 0.255 e. The molecule has 3 rings (SSSR count). The summed E-state index contributed by atoms with van der Waals surface area (Å²) < 4.78 is 5.96. The molecule has 1 aromatic carbocycles. The molecule has 1 fully saturated rings. The second kappa shape index (κ2) is 8.28. The van der Waals surface area contributed by atoms with E-state index < -0.39 is 0 Å². The highest BCUT2D eigenvalue weighted by atomic mass is 16.5. The minimum Gasteiger partial charge on any atom is -0.490 e. The van der Waals surface area contributed by atoms with Crippen LogP contribution >= 0.6 is 0 Å². The van der Waals surface area contributed by atoms with Crippen LogP contribution in [0.3, 0.4) is 0 Å². The molecule has 1 saturated carbocycles. The SMILES string of the molecule is O=C(CNC(=O)c1ccccc1OC1CCCC1)Nc1cccnc1. The van der Waals surface area contributed by atoms with Gasteiger partial charge in [0.15, 0.2) is 0 Å². The summed E-state index contributed by atoms with van der Waals surface area (Å²) in [7, 11) is 0. The maximum Gasteiger partial charge on any atom is 0.255 e. The molecule has 6 heteroatoms. The summed E-state index contributed by atoms with van der Waals surface area (Å²) in [6, 6.07) is 10.6. The van der Waals surface area contributed by atoms with Gasteiger partial charge >= 0.3 is 0 Å². The van der Waals surface area contributed by atoms with Crippen molar-refractivity contribution >= 4 is 17.5 Å². The summed E-state index contributed by atoms with van der Waals surface area (Å²) >= 11 is 0. The lowest BCUT2D eigenvalue weighted by Crippen LogP contribution is -2.33. The van der Waals surface area contributed by atoms with Gasteiger partial charge < -0.3 is 15.4 Å². The summed E-state index contributed by atoms with van der Waals surface area (Å²) in [5.41, 5.74) is 1.04. The summed E-state index contributed by atoms with van der Waals surface area (Å²) in [5, 5.41) is 5.31. The fraction of sp³-hybridized carbons (Fsp3) is 0.316. The Morgan fingerprint density at radius 1 is 1.12 bits per heavy atom. The van der Waals surface area contributed by atoms with Gasteiger partial charge in [0.1, 0.15) is 5.75 Å². The highest BCUT2D eigenvalue weighted by molar-refractivity contribution is 6.00. The molecule has 2 amide bonds. The van der Waals surface area contributed by atoms with Crippen molar-refractivity contribution in [1.29, 1.82) is 0 Å². The van der Waals surface area contributed by atoms with Crippen LogP contribution in [0.1, 0.15) is 36.0 Å². The zero-order valence-corrected chi connectivity index (χ0v) is 13.9. The number of pyridine rings is 1. The van der Waals surface area contributed by atoms with Crippen molar-refractivity contribution in [3.05, 3.63) is 54.4 Å². The van der Waals surface area contributed by atoms with Crippen LogP contribution in [-0.4, -0.2) is 29.4 Å². The van der Waals surface area contributed by atoms with Gasteiger partial charge in [-0.1, -0.05) is 12.1 Å². The Morgan fingerprint density at radius 2 is 1.92 bits per heavy atom. The number of benzene rings is 1. The van der Waals surface area contributed by atoms with Crippen LogP contribution in [0.15, 0.2) is 48.8 Å². The highest BCUT2D eigenvalue weighted by Crippen LogP contribution is 2.26. The van der Waals surface area contributed by atoms with Crippen molar-refractivity contribution in [2.45, 2.75) is 31.8 Å². The number of para-hydroxylation sites is 1. The van der Waals surface area contributed by atoms with Crippen LogP contribution in [-0.2, 0) is 4.79 Å². The minimum absolute atomic E-state index is 0.120. The molecule has 1 aromatic heterocycles. The number of carbonyl (C=O) groups excluding carboxylic acids is 2. The van der Waals surface area contributed by atoms with Crippen molar-refractivity contribution in [1.82, 2.24) is 10.3 Å². The van der Waals surface area contributed by atoms with Crippen molar-refractivity contribution in [2.24, 2.45) is 0 Å². The van der Waals surface area contributed by atoms with E-state index in [9.17, 15) is 9.59 Å². The number of hydrogen-bond donors (Lipinski definition) is 2. The zero-order chi connectivity index (χ0) is 17.5. The first-order valence-electron chi connectivity index (χ1n) is 8.46. The normalized spacial score (nSPS) is 14.1. The molecule has 0 unspecified atom stereocenters. The second-order valence-corrected chi connectivity index (χ2v) is 5.99. The molecule has 0 radical (unpaired) electrons. The maximum absolute atomic E-state index is 12.4. The quantitative estimate of drug-likeness (QED) is 0.848. The Balaban J connectivity index is 1.56. The number of nitrogens with one attached hydrogen (secondary N) is 2. The lowest BCUT2D eigenvalue weighted by molar-refractivity contribution is -0.115. The lowest BCUT2D eigenvalue weighted by Gasteiger charge is -2.16. The number of rotatable bonds is 6. The molecule has 2 aromatic rings. The summed E-state index contributed by atoms with van der Waals surface area (Å²) in [4.78, 5) is 28.3. The van der Waals surface area contributed by atoms with Gasteiger partial charge in [-0.15, -0.1) is 0 Å². The highest BCUT2D eigenvalue weighted by Gasteiger charge is 2.20. The lowest BCUT2D eigenvalue weighted by atomic mass is 10.2. The van der Waals surface area contributed by atoms with Gasteiger partial charge in [0.05, 0.1) is 30.1 Å². The van der Waals surface area contributed by atoms with Crippen molar-refractivity contribution in [3.63, 3.8) is 0 Å². The summed E-state index contributed by atoms with van der Waals surface area (Å²) in [6.45, 7) is -0.120. The van der Waals surface area contributed by atoms with Gasteiger partial charge in [0.2, 0.25) is 5.91 Å². The van der Waals surface area contributed by atoms with E-state index >= 15 is 0 Å². The third-order valence-corrected chi connectivity index (χ3v) is 4.08. The predicted octanol–water partition coefficient (Wildman–Crippen LogP) is 2.77. The van der Waals surface area contributed by atoms with E-state index in [0.717, 1.165) is 25.7 Å². The number of anilines is 1. The molecule has 0 atom stereocenters. The molecule has 0 saturated heterocycles. The van der Waals surface area contributed by atoms with E-state index in [1.165, 1.54) is 0 Å². The molecule has 6 nitrogen and oxygen atoms in total. The van der Waals surface area contributed by atoms with Crippen LogP contribution in [0, 0.1) is 0 Å². The van der Waals surface area contributed by atoms with E-state index in [1.807, 2.05) is 6.07 Å². The fourth-order valence-electron chi connectivity index (χ4n) is 2.84. The minimum atomic E-state index is -0.324. The van der Waals surface area contributed by atoms with Crippen LogP contribution in [0.25, 0.3) is 0 Å². The monoisotopic (exact) mass is 339 g/mol. The summed E-state index contributed by atoms with van der Waals surface area (Å²) in [6.07, 6.45) is 7.69. The Bertz CT molecular complexity index is 728. The number of aromatic nitrogens is 1. The van der Waals surface area contributed by atoms with Gasteiger partial charge in [-0.2, -0.15) is 0 Å². The predicted molar refractivity (Wildman–Crippen MR) is 94.5 cm³/mol. The summed E-state index contributed by atoms with van der Waals surface area (Å²) in [5.74, 6) is -0.0648. The Kier molecular flexibility index (Phi) is 5.61. The van der Waals surface area contributed by atoms with Crippen molar-refractivity contribution < 1.29 is 14.3 Å². The molecule has 0 bridgehead atoms. The molecule has 130 valence electrons. The van der Waals surface area contributed by atoms with E-state index in [4.69, 9.17) is 4.74 Å². The number of ether oxygens (including phenoxy) is 1. The van der Waals surface area contributed by atoms with Crippen molar-refractivity contribution in [2.75, 3.05) is 11.9 Å². The molecule has 0 aliphatic heterocycles. The molecular weight excluding hydrogens is 318 g/mol. The molecule has 1 aliphatic carbocycles. The number of hydrogen-bond acceptors (Lipinski definition) is 4. The van der Waals surface area contributed by atoms with Crippen LogP contribution in [0.2, 0.25) is 0 Å². The van der Waals surface area contributed by atoms with Crippen molar-refractivity contribution in [3.8, 4) is 5.75 Å². The van der Waals surface area contributed by atoms with E-state index in [0.29, 0.717) is 17.0 Å². The van der Waals surface area contributed by atoms with Crippen LogP contribution < -0.4 is 15.4 Å². The molecule has 25 heavy (non-hydrogen) atoms. The molecular formula is C19H21N3O3. The molecule has 1 aliphatic rings. The van der Waals surface area contributed by atoms with Crippen LogP contribution in [0.5, 0.6) is 5.75 Å². The molecule has 0 spiro atoms. The number of nitrogens with zero attached hydrogens (tertiary/aromatic N) is 1. The first kappa shape index (κ1) is 17.0. The molecule has 1 heterocycles. The standard InChI is InChI=1S/C19H21N3O3/c23-18(22-14-6-5-11-20-12-14)13-21-19(24)16-9-3-4-10-17(16)25-15-7-1-2-8-15/h3-6,9-12,15H,1-2,7-8,13H2,(H,21,24)(H,22,23). The average molecular weight is 339 g/mol. The van der Waals surface area contributed by atoms with Gasteiger partial charge in [-0.3, -0.25) is 14.6 Å². The Morgan fingerprint density at radius 3 is 2.68 bits per heavy atom. The largest absolute Gasteiger partial charge is 0.490 e. The topological polar surface area (TPSA) is 80.3 Å². The Hall–Kier alpha value is -2.89. The first-order valence-corrected chi connectivity index (χ1v) is 8.46. The Labute approximate surface area is 146 Å². The van der Waals surface area contributed by atoms with Gasteiger partial charge in [0.25, 0.3) is 5.91 Å². The van der Waals surface area contributed by atoms with E-state index in [1.54, 1.807) is 42.7 Å². The number of carbonyl (C=O) groups is 2. The van der Waals surface area contributed by atoms with Gasteiger partial charge in [-0.05, 0) is 49.9 Å². The second-order valence-electron chi connectivity index (χ2n) is 5.99. The maximum atomic E-state index is 12.4. The zero-order valence-electron chi connectivity index (χ0n) is 13.9. The third kappa shape index (κ3) is 4.79. The average Bonchev–Trinajstić information content (AvgIpc) is 3.14. The van der Waals surface area contributed by atoms with Crippen LogP contribution in [0.4, 0.5) is 5.69 Å². The van der Waals surface area contributed by atoms with E-state index in [-0.39, 0.29) is 24.5 Å². The van der Waals surface area contributed by atoms with Gasteiger partial charge in [0, 0.05) is 6.20 Å². The number of amides is 2.